The third kappa shape index (κ3) is 2.96. The number of carbonyl (C=O) groups excluding carboxylic acids is 1. The summed E-state index contributed by atoms with van der Waals surface area (Å²) in [7, 11) is 0. The van der Waals surface area contributed by atoms with Crippen molar-refractivity contribution in [2.45, 2.75) is 26.3 Å². The molecule has 4 aromatic rings. The molecule has 2 aromatic heterocycles. The van der Waals surface area contributed by atoms with Gasteiger partial charge in [-0.1, -0.05) is 44.2 Å². The van der Waals surface area contributed by atoms with Gasteiger partial charge in [0, 0.05) is 10.8 Å². The van der Waals surface area contributed by atoms with Crippen LogP contribution in [0.2, 0.25) is 0 Å². The van der Waals surface area contributed by atoms with Gasteiger partial charge in [-0.3, -0.25) is 4.79 Å². The van der Waals surface area contributed by atoms with Crippen LogP contribution in [0.4, 0.5) is 10.1 Å². The summed E-state index contributed by atoms with van der Waals surface area (Å²) in [6.07, 6.45) is 4.18. The van der Waals surface area contributed by atoms with E-state index >= 15 is 0 Å². The number of fused-ring (bicyclic) bond motifs is 1. The van der Waals surface area contributed by atoms with E-state index in [0.29, 0.717) is 5.65 Å². The topological polar surface area (TPSA) is 51.0 Å². The maximum Gasteiger partial charge on any atom is 0.233 e. The highest BCUT2D eigenvalue weighted by Crippen LogP contribution is 2.46. The molecule has 0 saturated carbocycles. The van der Waals surface area contributed by atoms with Crippen LogP contribution in [0.25, 0.3) is 16.7 Å². The Kier molecular flexibility index (Phi) is 4.17. The van der Waals surface area contributed by atoms with Gasteiger partial charge in [0.15, 0.2) is 5.65 Å². The predicted octanol–water partition coefficient (Wildman–Crippen LogP) is 5.06. The molecule has 1 amide bonds. The van der Waals surface area contributed by atoms with Crippen LogP contribution in [0, 0.1) is 11.2 Å². The summed E-state index contributed by atoms with van der Waals surface area (Å²) >= 11 is 0. The Bertz CT molecular complexity index is 1230. The molecule has 3 heterocycles. The van der Waals surface area contributed by atoms with Gasteiger partial charge in [0.1, 0.15) is 5.82 Å². The zero-order valence-electron chi connectivity index (χ0n) is 16.8. The Hall–Kier alpha value is -3.54. The second-order valence-electron chi connectivity index (χ2n) is 8.33. The Labute approximate surface area is 173 Å². The summed E-state index contributed by atoms with van der Waals surface area (Å²) in [5, 5.41) is 5.24. The number of anilines is 1. The van der Waals surface area contributed by atoms with E-state index in [1.807, 2.05) is 43.0 Å². The Morgan fingerprint density at radius 3 is 2.47 bits per heavy atom. The van der Waals surface area contributed by atoms with Crippen molar-refractivity contribution in [2.75, 3.05) is 4.90 Å². The maximum atomic E-state index is 13.3. The second kappa shape index (κ2) is 6.76. The summed E-state index contributed by atoms with van der Waals surface area (Å²) in [4.78, 5) is 19.7. The van der Waals surface area contributed by atoms with Crippen molar-refractivity contribution in [3.63, 3.8) is 0 Å². The summed E-state index contributed by atoms with van der Waals surface area (Å²) in [6, 6.07) is 18.1. The monoisotopic (exact) mass is 400 g/mol. The Morgan fingerprint density at radius 1 is 1.00 bits per heavy atom. The standard InChI is InChI=1S/C24H21FN4O/c1-24(2)13-21(16-6-4-3-5-7-16)28(23(24)30)20-12-17-14-27-29(22(17)26-15-20)19-10-8-18(25)9-11-19/h3-12,14-15,21H,13H2,1-2H3/t21-/m0/s1. The van der Waals surface area contributed by atoms with Gasteiger partial charge in [0.05, 0.1) is 29.8 Å². The van der Waals surface area contributed by atoms with Crippen LogP contribution in [0.5, 0.6) is 0 Å². The fourth-order valence-electron chi connectivity index (χ4n) is 4.18. The molecule has 150 valence electrons. The minimum atomic E-state index is -0.451. The zero-order chi connectivity index (χ0) is 20.9. The van der Waals surface area contributed by atoms with E-state index in [4.69, 9.17) is 0 Å². The lowest BCUT2D eigenvalue weighted by atomic mass is 9.88. The van der Waals surface area contributed by atoms with Crippen LogP contribution < -0.4 is 4.90 Å². The number of hydrogen-bond donors (Lipinski definition) is 0. The van der Waals surface area contributed by atoms with E-state index in [1.54, 1.807) is 29.2 Å². The van der Waals surface area contributed by atoms with Crippen molar-refractivity contribution in [3.8, 4) is 5.69 Å². The molecule has 0 N–H and O–H groups in total. The minimum absolute atomic E-state index is 0.0416. The van der Waals surface area contributed by atoms with Crippen molar-refractivity contribution in [1.82, 2.24) is 14.8 Å². The van der Waals surface area contributed by atoms with Gasteiger partial charge < -0.3 is 4.90 Å². The van der Waals surface area contributed by atoms with Gasteiger partial charge in [-0.05, 0) is 42.3 Å². The molecule has 1 fully saturated rings. The van der Waals surface area contributed by atoms with E-state index < -0.39 is 5.41 Å². The second-order valence-corrected chi connectivity index (χ2v) is 8.33. The number of rotatable bonds is 3. The zero-order valence-corrected chi connectivity index (χ0v) is 16.8. The molecule has 0 bridgehead atoms. The van der Waals surface area contributed by atoms with E-state index in [-0.39, 0.29) is 17.8 Å². The molecule has 1 aliphatic heterocycles. The largest absolute Gasteiger partial charge is 0.303 e. The molecule has 1 aliphatic rings. The first-order chi connectivity index (χ1) is 14.4. The molecule has 5 nitrogen and oxygen atoms in total. The van der Waals surface area contributed by atoms with Crippen LogP contribution in [0.3, 0.4) is 0 Å². The number of nitrogens with zero attached hydrogens (tertiary/aromatic N) is 4. The normalized spacial score (nSPS) is 18.3. The molecule has 0 spiro atoms. The number of carbonyl (C=O) groups is 1. The molecule has 5 rings (SSSR count). The van der Waals surface area contributed by atoms with Crippen LogP contribution >= 0.6 is 0 Å². The number of benzene rings is 2. The highest BCUT2D eigenvalue weighted by molar-refractivity contribution is 6.01. The van der Waals surface area contributed by atoms with Crippen LogP contribution in [-0.4, -0.2) is 20.7 Å². The van der Waals surface area contributed by atoms with Crippen molar-refractivity contribution in [2.24, 2.45) is 5.41 Å². The van der Waals surface area contributed by atoms with E-state index in [9.17, 15) is 9.18 Å². The minimum Gasteiger partial charge on any atom is -0.303 e. The molecule has 30 heavy (non-hydrogen) atoms. The fourth-order valence-corrected chi connectivity index (χ4v) is 4.18. The van der Waals surface area contributed by atoms with Crippen molar-refractivity contribution < 1.29 is 9.18 Å². The molecule has 6 heteroatoms. The molecular formula is C24H21FN4O. The predicted molar refractivity (Wildman–Crippen MR) is 114 cm³/mol. The van der Waals surface area contributed by atoms with Gasteiger partial charge in [0.2, 0.25) is 5.91 Å². The van der Waals surface area contributed by atoms with Crippen LogP contribution in [0.15, 0.2) is 73.1 Å². The lowest BCUT2D eigenvalue weighted by Gasteiger charge is -2.25. The summed E-state index contributed by atoms with van der Waals surface area (Å²) < 4.78 is 14.9. The average Bonchev–Trinajstić information content (AvgIpc) is 3.27. The number of amides is 1. The van der Waals surface area contributed by atoms with Gasteiger partial charge in [-0.25, -0.2) is 14.1 Å². The summed E-state index contributed by atoms with van der Waals surface area (Å²) in [6.45, 7) is 3.98. The highest BCUT2D eigenvalue weighted by atomic mass is 19.1. The quantitative estimate of drug-likeness (QED) is 0.483. The number of aromatic nitrogens is 3. The van der Waals surface area contributed by atoms with Gasteiger partial charge in [-0.2, -0.15) is 5.10 Å². The first kappa shape index (κ1) is 18.5. The number of pyridine rings is 1. The van der Waals surface area contributed by atoms with E-state index in [1.165, 1.54) is 12.1 Å². The first-order valence-electron chi connectivity index (χ1n) is 9.92. The molecule has 0 radical (unpaired) electrons. The maximum absolute atomic E-state index is 13.3. The number of hydrogen-bond acceptors (Lipinski definition) is 3. The van der Waals surface area contributed by atoms with Crippen LogP contribution in [0.1, 0.15) is 31.9 Å². The molecule has 0 unspecified atom stereocenters. The van der Waals surface area contributed by atoms with Crippen LogP contribution in [-0.2, 0) is 4.79 Å². The molecular weight excluding hydrogens is 379 g/mol. The van der Waals surface area contributed by atoms with Crippen molar-refractivity contribution >= 4 is 22.6 Å². The first-order valence-corrected chi connectivity index (χ1v) is 9.92. The fraction of sp³-hybridized carbons (Fsp3) is 0.208. The highest BCUT2D eigenvalue weighted by Gasteiger charge is 2.46. The lowest BCUT2D eigenvalue weighted by Crippen LogP contribution is -2.32. The lowest BCUT2D eigenvalue weighted by molar-refractivity contribution is -0.124. The summed E-state index contributed by atoms with van der Waals surface area (Å²) in [5.41, 5.74) is 2.80. The Morgan fingerprint density at radius 2 is 1.73 bits per heavy atom. The SMILES string of the molecule is CC1(C)C[C@@H](c2ccccc2)N(c2cnc3c(cnn3-c3ccc(F)cc3)c2)C1=O. The van der Waals surface area contributed by atoms with Gasteiger partial charge >= 0.3 is 0 Å². The van der Waals surface area contributed by atoms with Crippen molar-refractivity contribution in [1.29, 1.82) is 0 Å². The average molecular weight is 400 g/mol. The third-order valence-corrected chi connectivity index (χ3v) is 5.74. The third-order valence-electron chi connectivity index (χ3n) is 5.74. The molecule has 1 saturated heterocycles. The molecule has 0 aliphatic carbocycles. The van der Waals surface area contributed by atoms with E-state index in [2.05, 4.69) is 22.2 Å². The van der Waals surface area contributed by atoms with Crippen molar-refractivity contribution in [3.05, 3.63) is 84.4 Å². The molecule has 2 aromatic carbocycles. The number of halogens is 1. The van der Waals surface area contributed by atoms with E-state index in [0.717, 1.165) is 28.7 Å². The van der Waals surface area contributed by atoms with Gasteiger partial charge in [-0.15, -0.1) is 0 Å². The summed E-state index contributed by atoms with van der Waals surface area (Å²) in [5.74, 6) is -0.212. The van der Waals surface area contributed by atoms with Gasteiger partial charge in [0.25, 0.3) is 0 Å². The Balaban J connectivity index is 1.58. The molecule has 1 atom stereocenters. The smallest absolute Gasteiger partial charge is 0.233 e.